The summed E-state index contributed by atoms with van der Waals surface area (Å²) in [4.78, 5) is 11.8. The van der Waals surface area contributed by atoms with Crippen LogP contribution in [0.3, 0.4) is 0 Å². The highest BCUT2D eigenvalue weighted by Crippen LogP contribution is 2.26. The van der Waals surface area contributed by atoms with Crippen LogP contribution in [0, 0.1) is 0 Å². The Balaban J connectivity index is 2.19. The zero-order chi connectivity index (χ0) is 9.10. The van der Waals surface area contributed by atoms with Crippen LogP contribution in [0.15, 0.2) is 28.0 Å². The summed E-state index contributed by atoms with van der Waals surface area (Å²) in [5, 5.41) is 1.02. The SMILES string of the molecule is Clc1nccc(Sc2ncns2)n1. The highest BCUT2D eigenvalue weighted by atomic mass is 35.5. The summed E-state index contributed by atoms with van der Waals surface area (Å²) >= 11 is 8.36. The molecule has 0 fully saturated rings. The quantitative estimate of drug-likeness (QED) is 0.584. The van der Waals surface area contributed by atoms with E-state index in [2.05, 4.69) is 19.3 Å². The van der Waals surface area contributed by atoms with Crippen molar-refractivity contribution < 1.29 is 0 Å². The van der Waals surface area contributed by atoms with E-state index in [9.17, 15) is 0 Å². The van der Waals surface area contributed by atoms with Gasteiger partial charge in [0, 0.05) is 6.20 Å². The Morgan fingerprint density at radius 2 is 2.31 bits per heavy atom. The summed E-state index contributed by atoms with van der Waals surface area (Å²) in [7, 11) is 0. The molecule has 0 N–H and O–H groups in total. The van der Waals surface area contributed by atoms with Gasteiger partial charge in [0.05, 0.1) is 0 Å². The first-order chi connectivity index (χ1) is 6.34. The minimum absolute atomic E-state index is 0.245. The number of aromatic nitrogens is 4. The van der Waals surface area contributed by atoms with Crippen LogP contribution in [0.4, 0.5) is 0 Å². The Kier molecular flexibility index (Phi) is 2.72. The first-order valence-electron chi connectivity index (χ1n) is 3.27. The average molecular weight is 231 g/mol. The molecule has 66 valence electrons. The van der Waals surface area contributed by atoms with E-state index >= 15 is 0 Å². The predicted molar refractivity (Wildman–Crippen MR) is 51.1 cm³/mol. The van der Waals surface area contributed by atoms with Crippen molar-refractivity contribution in [2.24, 2.45) is 0 Å². The molecule has 0 aromatic carbocycles. The lowest BCUT2D eigenvalue weighted by Gasteiger charge is -1.94. The number of hydrogen-bond acceptors (Lipinski definition) is 6. The Morgan fingerprint density at radius 1 is 1.38 bits per heavy atom. The van der Waals surface area contributed by atoms with Crippen LogP contribution in [0.5, 0.6) is 0 Å². The molecule has 0 saturated heterocycles. The normalized spacial score (nSPS) is 10.2. The third kappa shape index (κ3) is 2.36. The van der Waals surface area contributed by atoms with Crippen LogP contribution < -0.4 is 0 Å². The maximum absolute atomic E-state index is 5.62. The predicted octanol–water partition coefficient (Wildman–Crippen LogP) is 2.13. The largest absolute Gasteiger partial charge is 0.226 e. The fourth-order valence-electron chi connectivity index (χ4n) is 0.674. The van der Waals surface area contributed by atoms with Crippen LogP contribution >= 0.6 is 34.9 Å². The molecule has 0 amide bonds. The van der Waals surface area contributed by atoms with Crippen LogP contribution in [0.25, 0.3) is 0 Å². The van der Waals surface area contributed by atoms with Gasteiger partial charge in [-0.3, -0.25) is 0 Å². The summed E-state index contributed by atoms with van der Waals surface area (Å²) in [6.07, 6.45) is 3.12. The monoisotopic (exact) mass is 230 g/mol. The topological polar surface area (TPSA) is 51.6 Å². The van der Waals surface area contributed by atoms with Gasteiger partial charge in [0.1, 0.15) is 11.4 Å². The standard InChI is InChI=1S/C6H3ClN4S2/c7-5-8-2-1-4(11-5)12-6-9-3-10-13-6/h1-3H. The van der Waals surface area contributed by atoms with Gasteiger partial charge >= 0.3 is 0 Å². The van der Waals surface area contributed by atoms with E-state index in [1.807, 2.05) is 0 Å². The van der Waals surface area contributed by atoms with Crippen molar-refractivity contribution in [3.8, 4) is 0 Å². The lowest BCUT2D eigenvalue weighted by molar-refractivity contribution is 1.04. The molecule has 0 atom stereocenters. The van der Waals surface area contributed by atoms with Crippen molar-refractivity contribution >= 4 is 34.9 Å². The number of nitrogens with zero attached hydrogens (tertiary/aromatic N) is 4. The highest BCUT2D eigenvalue weighted by Gasteiger charge is 2.02. The summed E-state index contributed by atoms with van der Waals surface area (Å²) in [5.74, 6) is 0. The zero-order valence-corrected chi connectivity index (χ0v) is 8.60. The van der Waals surface area contributed by atoms with Crippen molar-refractivity contribution in [2.75, 3.05) is 0 Å². The second-order valence-electron chi connectivity index (χ2n) is 1.97. The second-order valence-corrected chi connectivity index (χ2v) is 4.36. The number of hydrogen-bond donors (Lipinski definition) is 0. The van der Waals surface area contributed by atoms with Gasteiger partial charge in [0.15, 0.2) is 4.34 Å². The van der Waals surface area contributed by atoms with Crippen molar-refractivity contribution in [3.63, 3.8) is 0 Å². The maximum Gasteiger partial charge on any atom is 0.223 e. The van der Waals surface area contributed by atoms with Crippen LogP contribution in [0.2, 0.25) is 5.28 Å². The van der Waals surface area contributed by atoms with E-state index in [1.54, 1.807) is 12.3 Å². The Bertz CT molecular complexity index is 391. The van der Waals surface area contributed by atoms with Gasteiger partial charge in [-0.2, -0.15) is 4.37 Å². The second kappa shape index (κ2) is 3.99. The third-order valence-electron chi connectivity index (χ3n) is 1.13. The molecule has 7 heteroatoms. The van der Waals surface area contributed by atoms with Crippen molar-refractivity contribution in [1.82, 2.24) is 19.3 Å². The summed E-state index contributed by atoms with van der Waals surface area (Å²) in [6.45, 7) is 0. The van der Waals surface area contributed by atoms with Gasteiger partial charge in [0.25, 0.3) is 0 Å². The van der Waals surface area contributed by atoms with E-state index in [-0.39, 0.29) is 5.28 Å². The molecular formula is C6H3ClN4S2. The van der Waals surface area contributed by atoms with Crippen LogP contribution in [-0.4, -0.2) is 19.3 Å². The molecule has 2 heterocycles. The molecule has 0 unspecified atom stereocenters. The highest BCUT2D eigenvalue weighted by molar-refractivity contribution is 8.00. The van der Waals surface area contributed by atoms with E-state index < -0.39 is 0 Å². The first-order valence-corrected chi connectivity index (χ1v) is 5.24. The van der Waals surface area contributed by atoms with Gasteiger partial charge < -0.3 is 0 Å². The molecule has 2 aromatic heterocycles. The summed E-state index contributed by atoms with van der Waals surface area (Å²) < 4.78 is 4.72. The number of rotatable bonds is 2. The molecule has 2 aromatic rings. The fraction of sp³-hybridized carbons (Fsp3) is 0. The molecule has 13 heavy (non-hydrogen) atoms. The molecule has 0 spiro atoms. The van der Waals surface area contributed by atoms with Crippen LogP contribution in [0.1, 0.15) is 0 Å². The smallest absolute Gasteiger partial charge is 0.223 e. The van der Waals surface area contributed by atoms with Gasteiger partial charge in [-0.15, -0.1) is 0 Å². The molecule has 0 aliphatic carbocycles. The molecule has 0 radical (unpaired) electrons. The van der Waals surface area contributed by atoms with E-state index in [4.69, 9.17) is 11.6 Å². The summed E-state index contributed by atoms with van der Waals surface area (Å²) in [5.41, 5.74) is 0. The number of halogens is 1. The molecule has 0 saturated carbocycles. The third-order valence-corrected chi connectivity index (χ3v) is 2.97. The minimum Gasteiger partial charge on any atom is -0.226 e. The zero-order valence-electron chi connectivity index (χ0n) is 6.22. The summed E-state index contributed by atoms with van der Waals surface area (Å²) in [6, 6.07) is 1.78. The van der Waals surface area contributed by atoms with E-state index in [0.717, 1.165) is 9.37 Å². The first kappa shape index (κ1) is 8.86. The average Bonchev–Trinajstić information content (AvgIpc) is 2.57. The molecule has 0 aliphatic heterocycles. The van der Waals surface area contributed by atoms with Crippen molar-refractivity contribution in [3.05, 3.63) is 23.9 Å². The van der Waals surface area contributed by atoms with Crippen molar-refractivity contribution in [2.45, 2.75) is 9.37 Å². The van der Waals surface area contributed by atoms with E-state index in [1.165, 1.54) is 29.6 Å². The lowest BCUT2D eigenvalue weighted by Crippen LogP contribution is -1.82. The molecule has 0 aliphatic rings. The van der Waals surface area contributed by atoms with Crippen LogP contribution in [-0.2, 0) is 0 Å². The Morgan fingerprint density at radius 3 is 3.00 bits per heavy atom. The minimum atomic E-state index is 0.245. The van der Waals surface area contributed by atoms with E-state index in [0.29, 0.717) is 0 Å². The molecule has 4 nitrogen and oxygen atoms in total. The lowest BCUT2D eigenvalue weighted by atomic mass is 10.7. The Labute approximate surface area is 87.6 Å². The van der Waals surface area contributed by atoms with Gasteiger partial charge in [-0.05, 0) is 41.0 Å². The van der Waals surface area contributed by atoms with Crippen molar-refractivity contribution in [1.29, 1.82) is 0 Å². The molecule has 0 bridgehead atoms. The molecular weight excluding hydrogens is 228 g/mol. The maximum atomic E-state index is 5.62. The Hall–Kier alpha value is -0.720. The van der Waals surface area contributed by atoms with Gasteiger partial charge in [-0.1, -0.05) is 0 Å². The van der Waals surface area contributed by atoms with Gasteiger partial charge in [0.2, 0.25) is 5.28 Å². The molecule has 2 rings (SSSR count). The van der Waals surface area contributed by atoms with Gasteiger partial charge in [-0.25, -0.2) is 15.0 Å². The fourth-order valence-corrected chi connectivity index (χ4v) is 2.22.